The van der Waals surface area contributed by atoms with Crippen LogP contribution >= 0.6 is 34.0 Å². The van der Waals surface area contributed by atoms with E-state index in [0.717, 1.165) is 112 Å². The van der Waals surface area contributed by atoms with Crippen LogP contribution in [0.15, 0.2) is 369 Å². The third-order valence-corrected chi connectivity index (χ3v) is 34.8. The minimum Gasteiger partial charge on any atom is -0.335 e. The average molecular weight is 1810 g/mol. The molecule has 24 aromatic rings. The first-order valence-corrected chi connectivity index (χ1v) is 50.1. The van der Waals surface area contributed by atoms with E-state index in [2.05, 4.69) is 431 Å². The highest BCUT2D eigenvalue weighted by molar-refractivity contribution is 7.27. The molecule has 12 heteroatoms. The van der Waals surface area contributed by atoms with Crippen LogP contribution in [0.25, 0.3) is 212 Å². The molecule has 137 heavy (non-hydrogen) atoms. The molecule has 3 unspecified atom stereocenters. The summed E-state index contributed by atoms with van der Waals surface area (Å²) in [4.78, 5) is 33.0. The molecular weight excluding hydrogens is 1720 g/mol. The molecule has 0 N–H and O–H groups in total. The van der Waals surface area contributed by atoms with Gasteiger partial charge in [-0.25, -0.2) is 24.9 Å². The zero-order chi connectivity index (χ0) is 90.9. The zero-order valence-corrected chi connectivity index (χ0v) is 78.9. The van der Waals surface area contributed by atoms with E-state index in [-0.39, 0.29) is 10.8 Å². The Hall–Kier alpha value is -15.6. The minimum absolute atomic E-state index is 0.250. The van der Waals surface area contributed by atoms with Gasteiger partial charge in [0.05, 0.1) is 66.3 Å². The monoisotopic (exact) mass is 1810 g/mol. The van der Waals surface area contributed by atoms with Gasteiger partial charge in [0.1, 0.15) is 0 Å². The molecular formula is C125H87N9S3. The molecule has 29 rings (SSSR count). The highest BCUT2D eigenvalue weighted by atomic mass is 32.1. The highest BCUT2D eigenvalue weighted by Gasteiger charge is 2.49. The van der Waals surface area contributed by atoms with Gasteiger partial charge in [-0.1, -0.05) is 339 Å². The Labute approximate surface area is 803 Å². The molecule has 0 spiro atoms. The molecule has 1 aliphatic heterocycles. The third kappa shape index (κ3) is 11.2. The van der Waals surface area contributed by atoms with E-state index in [9.17, 15) is 0 Å². The molecule has 0 saturated heterocycles. The number of benzene rings is 16. The molecule has 0 radical (unpaired) electrons. The molecule has 16 aromatic carbocycles. The molecule has 3 atom stereocenters. The van der Waals surface area contributed by atoms with Crippen molar-refractivity contribution in [3.8, 4) is 113 Å². The summed E-state index contributed by atoms with van der Waals surface area (Å²) in [6, 6.07) is 135. The SMILES string of the molecule is CC1Cc2c(c3c(n2-c2nc(-c4ccccc4)c4cc(-c5ccc(-c6ccc7c(c6)sc6ccc8c(c9c(n8-c8nc(-c%10cccc(CC%11(C)c%12ccccc%12-c%12c%11c%11ccc%13c%14ccccc%14sc%13c%11n%12C%11N=c%12ccc(-c%13ccccc%13)cc%12=C(c%12ccccc%12)N%11C)c%10)c%10ccccc%10n8)-c8ccccc8C9(C)C)c67)cc5)ccc4n2)-c2ccccc2C3(C)C)-c2c1sc1ccccc21. The molecule has 9 heterocycles. The largest absolute Gasteiger partial charge is 0.335 e. The fraction of sp³-hybridized carbons (Fsp3) is 0.112. The van der Waals surface area contributed by atoms with Gasteiger partial charge in [0.25, 0.3) is 0 Å². The molecule has 5 aliphatic rings. The fourth-order valence-electron chi connectivity index (χ4n) is 25.0. The maximum Gasteiger partial charge on any atom is 0.235 e. The smallest absolute Gasteiger partial charge is 0.235 e. The van der Waals surface area contributed by atoms with Crippen LogP contribution in [-0.4, -0.2) is 45.6 Å². The summed E-state index contributed by atoms with van der Waals surface area (Å²) in [7, 11) is 2.26. The Morgan fingerprint density at radius 1 is 0.358 bits per heavy atom. The van der Waals surface area contributed by atoms with Gasteiger partial charge in [0, 0.05) is 145 Å². The summed E-state index contributed by atoms with van der Waals surface area (Å²) < 4.78 is 13.9. The number of hydrogen-bond acceptors (Lipinski definition) is 9. The number of hydrogen-bond donors (Lipinski definition) is 0. The summed E-state index contributed by atoms with van der Waals surface area (Å²) in [5, 5.41) is 13.0. The molecule has 650 valence electrons. The van der Waals surface area contributed by atoms with Crippen molar-refractivity contribution in [2.24, 2.45) is 4.99 Å². The van der Waals surface area contributed by atoms with Gasteiger partial charge in [-0.2, -0.15) is 0 Å². The van der Waals surface area contributed by atoms with Crippen molar-refractivity contribution >= 4 is 134 Å². The van der Waals surface area contributed by atoms with Gasteiger partial charge < -0.3 is 4.90 Å². The van der Waals surface area contributed by atoms with Crippen LogP contribution in [0.1, 0.15) is 109 Å². The normalized spacial score (nSPS) is 16.3. The Morgan fingerprint density at radius 2 is 0.905 bits per heavy atom. The Balaban J connectivity index is 0.534. The Bertz CT molecular complexity index is 9550. The molecule has 9 nitrogen and oxygen atoms in total. The first kappa shape index (κ1) is 78.9. The first-order chi connectivity index (χ1) is 67.1. The van der Waals surface area contributed by atoms with Crippen LogP contribution in [0.4, 0.5) is 0 Å². The van der Waals surface area contributed by atoms with E-state index in [1.165, 1.54) is 167 Å². The molecule has 0 bridgehead atoms. The predicted octanol–water partition coefficient (Wildman–Crippen LogP) is 30.9. The summed E-state index contributed by atoms with van der Waals surface area (Å²) in [5.41, 5.74) is 36.6. The second-order valence-electron chi connectivity index (χ2n) is 39.5. The number of para-hydroxylation sites is 1. The van der Waals surface area contributed by atoms with E-state index in [1.807, 2.05) is 34.0 Å². The maximum absolute atomic E-state index is 5.96. The number of aromatic nitrogens is 7. The third-order valence-electron chi connectivity index (χ3n) is 31.1. The Kier molecular flexibility index (Phi) is 16.7. The first-order valence-electron chi connectivity index (χ1n) is 47.7. The summed E-state index contributed by atoms with van der Waals surface area (Å²) in [6.07, 6.45) is 1.16. The lowest BCUT2D eigenvalue weighted by molar-refractivity contribution is 0.267. The van der Waals surface area contributed by atoms with Crippen LogP contribution in [0, 0.1) is 0 Å². The number of thiophene rings is 3. The average Bonchev–Trinajstić information content (AvgIpc) is 1.52. The second kappa shape index (κ2) is 29.0. The van der Waals surface area contributed by atoms with E-state index in [4.69, 9.17) is 24.9 Å². The molecule has 0 saturated carbocycles. The van der Waals surface area contributed by atoms with E-state index < -0.39 is 11.7 Å². The number of nitrogens with zero attached hydrogens (tertiary/aromatic N) is 9. The summed E-state index contributed by atoms with van der Waals surface area (Å²) >= 11 is 5.74. The number of fused-ring (bicyclic) bond motifs is 30. The van der Waals surface area contributed by atoms with E-state index >= 15 is 0 Å². The van der Waals surface area contributed by atoms with Crippen molar-refractivity contribution in [1.82, 2.24) is 38.5 Å². The van der Waals surface area contributed by atoms with Gasteiger partial charge in [0.15, 0.2) is 0 Å². The standard InChI is InChI=1S/C125H87N9S3/c1-70-64-99-107(105-87-43-22-28-49-101(87)136-118(70)105)110-116(84-40-18-24-45-93(84)124(110,4)5)133(99)121-127-96-60-55-77(66-90(96)111(129-121)75-33-13-9-14-34-75)73-50-52-74(53-51-73)79-54-57-88-103(68-79)135-102-63-62-98-106(104(88)102)109-115(83-39-17-23-44-92(83)123(109,2)3)132(98)120-126-95-47-26-20-42-86(95)112(130-120)80-37-29-30-71(65-80)69-125(6)94-46-25-19-41-85(94)114-108(125)89-59-58-82-81-38-21-27-48-100(81)137-119(82)117(89)134(114)122-128-97-61-56-78(72-31-11-8-12-32-72)67-91(97)113(131(122)7)76-35-15-10-16-36-76/h8-63,65-68,70,122H,64,69H2,1-7H3. The molecule has 8 aromatic heterocycles. The molecule has 0 fully saturated rings. The fourth-order valence-corrected chi connectivity index (χ4v) is 28.7. The maximum atomic E-state index is 5.96. The van der Waals surface area contributed by atoms with Gasteiger partial charge in [-0.15, -0.1) is 34.0 Å². The van der Waals surface area contributed by atoms with Crippen LogP contribution in [-0.2, 0) is 29.1 Å². The number of rotatable bonds is 11. The van der Waals surface area contributed by atoms with Gasteiger partial charge >= 0.3 is 0 Å². The molecule has 0 amide bonds. The summed E-state index contributed by atoms with van der Waals surface area (Å²) in [6.45, 7) is 14.6. The van der Waals surface area contributed by atoms with Gasteiger partial charge in [0.2, 0.25) is 18.2 Å². The lowest BCUT2D eigenvalue weighted by Gasteiger charge is -2.34. The topological polar surface area (TPSA) is 82.0 Å². The van der Waals surface area contributed by atoms with Gasteiger partial charge in [-0.05, 0) is 163 Å². The Morgan fingerprint density at radius 3 is 1.64 bits per heavy atom. The minimum atomic E-state index is -0.502. The van der Waals surface area contributed by atoms with Gasteiger partial charge in [-0.3, -0.25) is 13.7 Å². The van der Waals surface area contributed by atoms with Crippen molar-refractivity contribution in [1.29, 1.82) is 0 Å². The lowest BCUT2D eigenvalue weighted by atomic mass is 9.74. The van der Waals surface area contributed by atoms with E-state index in [1.54, 1.807) is 0 Å². The van der Waals surface area contributed by atoms with Crippen molar-refractivity contribution in [3.05, 3.63) is 430 Å². The quantitative estimate of drug-likeness (QED) is 0.129. The second-order valence-corrected chi connectivity index (χ2v) is 42.7. The van der Waals surface area contributed by atoms with Crippen LogP contribution in [0.5, 0.6) is 0 Å². The van der Waals surface area contributed by atoms with Crippen LogP contribution in [0.3, 0.4) is 0 Å². The summed E-state index contributed by atoms with van der Waals surface area (Å²) in [5.74, 6) is 1.68. The van der Waals surface area contributed by atoms with Crippen molar-refractivity contribution in [2.45, 2.75) is 82.8 Å². The van der Waals surface area contributed by atoms with Crippen LogP contribution < -0.4 is 10.6 Å². The van der Waals surface area contributed by atoms with E-state index in [0.29, 0.717) is 17.8 Å². The highest BCUT2D eigenvalue weighted by Crippen LogP contribution is 2.63. The zero-order valence-electron chi connectivity index (χ0n) is 76.5. The van der Waals surface area contributed by atoms with Crippen molar-refractivity contribution in [3.63, 3.8) is 0 Å². The van der Waals surface area contributed by atoms with Crippen molar-refractivity contribution in [2.75, 3.05) is 7.05 Å². The predicted molar refractivity (Wildman–Crippen MR) is 570 cm³/mol. The van der Waals surface area contributed by atoms with Crippen molar-refractivity contribution < 1.29 is 0 Å². The van der Waals surface area contributed by atoms with Crippen LogP contribution in [0.2, 0.25) is 0 Å². The lowest BCUT2D eigenvalue weighted by Crippen LogP contribution is -2.42. The molecule has 4 aliphatic carbocycles.